The second-order valence-electron chi connectivity index (χ2n) is 12.0. The molecule has 43 heavy (non-hydrogen) atoms. The van der Waals surface area contributed by atoms with Gasteiger partial charge in [-0.05, 0) is 73.9 Å². The van der Waals surface area contributed by atoms with Crippen LogP contribution < -0.4 is 0 Å². The second kappa shape index (κ2) is 23.4. The Balaban J connectivity index is 0.000000621. The Hall–Kier alpha value is -1.99. The van der Waals surface area contributed by atoms with E-state index in [2.05, 4.69) is 89.2 Å². The average Bonchev–Trinajstić information content (AvgIpc) is 3.37. The maximum absolute atomic E-state index is 11.3. The fourth-order valence-electron chi connectivity index (χ4n) is 5.29. The van der Waals surface area contributed by atoms with Crippen LogP contribution in [-0.2, 0) is 27.3 Å². The molecule has 0 aromatic heterocycles. The molecule has 0 fully saturated rings. The van der Waals surface area contributed by atoms with Gasteiger partial charge in [0.2, 0.25) is 11.4 Å². The Morgan fingerprint density at radius 3 is 1.79 bits per heavy atom. The van der Waals surface area contributed by atoms with E-state index in [1.807, 2.05) is 14.4 Å². The summed E-state index contributed by atoms with van der Waals surface area (Å²) in [6.45, 7) is 11.2. The summed E-state index contributed by atoms with van der Waals surface area (Å²) in [6, 6.07) is 17.6. The zero-order chi connectivity index (χ0) is 31.1. The van der Waals surface area contributed by atoms with Gasteiger partial charge in [0.1, 0.15) is 0 Å². The van der Waals surface area contributed by atoms with E-state index in [9.17, 15) is 5.53 Å². The van der Waals surface area contributed by atoms with Gasteiger partial charge in [0.15, 0.2) is 0 Å². The van der Waals surface area contributed by atoms with Crippen molar-refractivity contribution in [3.05, 3.63) is 88.0 Å². The zero-order valence-electron chi connectivity index (χ0n) is 28.3. The van der Waals surface area contributed by atoms with Crippen molar-refractivity contribution < 1.29 is 19.1 Å². The van der Waals surface area contributed by atoms with E-state index in [1.165, 1.54) is 109 Å². The van der Waals surface area contributed by atoms with Gasteiger partial charge in [0, 0.05) is 22.8 Å². The summed E-state index contributed by atoms with van der Waals surface area (Å²) in [4.78, 5) is 0. The first-order valence-corrected chi connectivity index (χ1v) is 19.1. The Morgan fingerprint density at radius 2 is 1.14 bits per heavy atom. The van der Waals surface area contributed by atoms with Crippen LogP contribution in [0, 0.1) is 0 Å². The molecule has 1 aliphatic heterocycles. The molecule has 1 aliphatic rings. The molecule has 3 rings (SSSR count). The molecular formula is C40H62N2Ni. The Kier molecular flexibility index (Phi) is 20.2. The number of hydrogen-bond donors (Lipinski definition) is 0. The first kappa shape index (κ1) is 37.2. The molecule has 1 heterocycles. The van der Waals surface area contributed by atoms with Gasteiger partial charge in [0.05, 0.1) is 0 Å². The van der Waals surface area contributed by atoms with E-state index in [0.717, 1.165) is 54.6 Å². The van der Waals surface area contributed by atoms with Crippen LogP contribution in [-0.4, -0.2) is 4.70 Å². The molecule has 2 aromatic rings. The summed E-state index contributed by atoms with van der Waals surface area (Å²) in [5.41, 5.74) is 19.3. The average molecular weight is 630 g/mol. The zero-order valence-corrected chi connectivity index (χ0v) is 29.3. The van der Waals surface area contributed by atoms with Crippen LogP contribution in [0.25, 0.3) is 16.9 Å². The predicted octanol–water partition coefficient (Wildman–Crippen LogP) is 13.4. The van der Waals surface area contributed by atoms with Crippen molar-refractivity contribution in [1.29, 1.82) is 0 Å². The molecule has 0 unspecified atom stereocenters. The van der Waals surface area contributed by atoms with E-state index in [4.69, 9.17) is 0 Å². The van der Waals surface area contributed by atoms with Gasteiger partial charge in [-0.2, -0.15) is 0 Å². The number of hydrogen-bond acceptors (Lipinski definition) is 0. The van der Waals surface area contributed by atoms with Crippen LogP contribution in [0.1, 0.15) is 153 Å². The third-order valence-corrected chi connectivity index (χ3v) is 9.49. The standard InChI is InChI=1S/C32H44N2.2C4H9.Ni/c1-4-7-10-11-12-13-16-26-20-22-28(23-21-26)31-25-30(18-9-6-3)32(34(31)33)29-19-14-17-27(24-29)15-8-5-2;2*1-3-4-2;/h14,17,19-25H,4-13,15-16,18H2,1-3H3;2*1,3-4H2,2H3;. The van der Waals surface area contributed by atoms with Crippen LogP contribution in [0.5, 0.6) is 0 Å². The van der Waals surface area contributed by atoms with Gasteiger partial charge in [0.25, 0.3) is 0 Å². The van der Waals surface area contributed by atoms with Gasteiger partial charge in [-0.15, -0.1) is 0 Å². The van der Waals surface area contributed by atoms with Gasteiger partial charge in [-0.1, -0.05) is 90.0 Å². The minimum atomic E-state index is 0.895. The number of benzene rings is 2. The van der Waals surface area contributed by atoms with Crippen molar-refractivity contribution in [3.8, 4) is 0 Å². The molecule has 242 valence electrons. The van der Waals surface area contributed by atoms with Crippen LogP contribution >= 0.6 is 0 Å². The number of allylic oxidation sites excluding steroid dienone is 2. The Bertz CT molecular complexity index is 1090. The third kappa shape index (κ3) is 14.1. The molecule has 0 amide bonds. The molecule has 0 aliphatic carbocycles. The molecule has 0 radical (unpaired) electrons. The van der Waals surface area contributed by atoms with E-state index in [1.54, 1.807) is 0 Å². The molecule has 2 aromatic carbocycles. The molecule has 0 bridgehead atoms. The second-order valence-corrected chi connectivity index (χ2v) is 13.5. The monoisotopic (exact) mass is 628 g/mol. The predicted molar refractivity (Wildman–Crippen MR) is 186 cm³/mol. The fraction of sp³-hybridized carbons (Fsp3) is 0.600. The SMILES string of the molecule is CCCCCCCCc1ccc(C2=CC(CCCC)=C(c3cccc(CCCC)c3)[N+]2=[N-])cc1.CCC[CH2][Ni][CH2]CCC. The van der Waals surface area contributed by atoms with Gasteiger partial charge in [-0.25, -0.2) is 4.70 Å². The molecular weight excluding hydrogens is 567 g/mol. The summed E-state index contributed by atoms with van der Waals surface area (Å²) in [5, 5.41) is 2.78. The van der Waals surface area contributed by atoms with Crippen molar-refractivity contribution in [1.82, 2.24) is 0 Å². The van der Waals surface area contributed by atoms with Crippen LogP contribution in [0.3, 0.4) is 0 Å². The third-order valence-electron chi connectivity index (χ3n) is 8.10. The summed E-state index contributed by atoms with van der Waals surface area (Å²) in [7, 11) is 0. The van der Waals surface area contributed by atoms with Crippen LogP contribution in [0.4, 0.5) is 0 Å². The molecule has 0 N–H and O–H groups in total. The fourth-order valence-corrected chi connectivity index (χ4v) is 6.73. The van der Waals surface area contributed by atoms with Gasteiger partial charge < -0.3 is 5.53 Å². The van der Waals surface area contributed by atoms with Crippen LogP contribution in [0.15, 0.2) is 60.2 Å². The Labute approximate surface area is 272 Å². The molecule has 0 spiro atoms. The number of nitrogens with zero attached hydrogens (tertiary/aromatic N) is 2. The summed E-state index contributed by atoms with van der Waals surface area (Å²) >= 11 is 1.94. The molecule has 0 saturated carbocycles. The van der Waals surface area contributed by atoms with Gasteiger partial charge in [-0.3, -0.25) is 0 Å². The van der Waals surface area contributed by atoms with Crippen molar-refractivity contribution >= 4 is 11.4 Å². The molecule has 0 atom stereocenters. The Morgan fingerprint density at radius 1 is 0.558 bits per heavy atom. The van der Waals surface area contributed by atoms with E-state index in [-0.39, 0.29) is 0 Å². The minimum absolute atomic E-state index is 0.895. The topological polar surface area (TPSA) is 25.3 Å². The summed E-state index contributed by atoms with van der Waals surface area (Å²) in [6.07, 6.45) is 23.6. The van der Waals surface area contributed by atoms with Crippen molar-refractivity contribution in [2.24, 2.45) is 0 Å². The number of rotatable bonds is 21. The van der Waals surface area contributed by atoms with Crippen molar-refractivity contribution in [2.45, 2.75) is 155 Å². The van der Waals surface area contributed by atoms with E-state index < -0.39 is 0 Å². The maximum atomic E-state index is 11.3. The first-order valence-electron chi connectivity index (χ1n) is 17.7. The molecule has 0 saturated heterocycles. The van der Waals surface area contributed by atoms with Crippen molar-refractivity contribution in [2.75, 3.05) is 0 Å². The van der Waals surface area contributed by atoms with Gasteiger partial charge >= 0.3 is 64.8 Å². The summed E-state index contributed by atoms with van der Waals surface area (Å²) < 4.78 is 1.44. The quantitative estimate of drug-likeness (QED) is 0.0746. The summed E-state index contributed by atoms with van der Waals surface area (Å²) in [5.74, 6) is 0. The van der Waals surface area contributed by atoms with Crippen molar-refractivity contribution in [3.63, 3.8) is 0 Å². The number of aryl methyl sites for hydroxylation is 2. The first-order chi connectivity index (χ1) is 21.1. The van der Waals surface area contributed by atoms with E-state index in [0.29, 0.717) is 0 Å². The van der Waals surface area contributed by atoms with E-state index >= 15 is 0 Å². The molecule has 3 heteroatoms. The number of unbranched alkanes of at least 4 members (excludes halogenated alkanes) is 9. The molecule has 2 nitrogen and oxygen atoms in total. The normalized spacial score (nSPS) is 13.0. The van der Waals surface area contributed by atoms with Crippen LogP contribution in [0.2, 0.25) is 10.8 Å².